The van der Waals surface area contributed by atoms with Crippen LogP contribution >= 0.6 is 0 Å². The van der Waals surface area contributed by atoms with E-state index in [0.29, 0.717) is 5.54 Å². The molecule has 2 rings (SSSR count). The second-order valence-corrected chi connectivity index (χ2v) is 6.26. The highest BCUT2D eigenvalue weighted by molar-refractivity contribution is 5.05. The molecule has 0 aromatic rings. The van der Waals surface area contributed by atoms with Crippen LogP contribution in [0, 0.1) is 11.8 Å². The van der Waals surface area contributed by atoms with E-state index < -0.39 is 0 Å². The molecule has 0 unspecified atom stereocenters. The minimum atomic E-state index is 0.356. The molecule has 3 heteroatoms. The van der Waals surface area contributed by atoms with Crippen molar-refractivity contribution in [3.8, 4) is 0 Å². The average molecular weight is 239 g/mol. The van der Waals surface area contributed by atoms with E-state index in [9.17, 15) is 0 Å². The van der Waals surface area contributed by atoms with Crippen LogP contribution in [0.15, 0.2) is 0 Å². The van der Waals surface area contributed by atoms with Crippen molar-refractivity contribution in [2.75, 3.05) is 39.3 Å². The summed E-state index contributed by atoms with van der Waals surface area (Å²) in [4.78, 5) is 5.22. The van der Waals surface area contributed by atoms with Gasteiger partial charge in [0.1, 0.15) is 0 Å². The van der Waals surface area contributed by atoms with E-state index in [2.05, 4.69) is 30.6 Å². The molecule has 0 aromatic carbocycles. The number of hydrogen-bond donors (Lipinski definition) is 1. The van der Waals surface area contributed by atoms with Crippen molar-refractivity contribution in [2.24, 2.45) is 17.6 Å². The molecular weight excluding hydrogens is 210 g/mol. The lowest BCUT2D eigenvalue weighted by Gasteiger charge is -2.57. The Morgan fingerprint density at radius 1 is 1.18 bits per heavy atom. The Morgan fingerprint density at radius 3 is 2.18 bits per heavy atom. The number of rotatable bonds is 4. The van der Waals surface area contributed by atoms with Crippen molar-refractivity contribution in [3.05, 3.63) is 0 Å². The molecule has 2 aliphatic rings. The monoisotopic (exact) mass is 239 g/mol. The predicted molar refractivity (Wildman–Crippen MR) is 73.0 cm³/mol. The quantitative estimate of drug-likeness (QED) is 0.804. The van der Waals surface area contributed by atoms with Crippen molar-refractivity contribution in [1.29, 1.82) is 0 Å². The normalized spacial score (nSPS) is 36.2. The van der Waals surface area contributed by atoms with Gasteiger partial charge in [0.05, 0.1) is 0 Å². The third-order valence-corrected chi connectivity index (χ3v) is 5.10. The molecule has 2 fully saturated rings. The van der Waals surface area contributed by atoms with Crippen LogP contribution in [0.2, 0.25) is 0 Å². The van der Waals surface area contributed by atoms with Gasteiger partial charge in [-0.05, 0) is 31.2 Å². The molecule has 100 valence electrons. The molecule has 2 N–H and O–H groups in total. The summed E-state index contributed by atoms with van der Waals surface area (Å²) in [5, 5.41) is 0. The van der Waals surface area contributed by atoms with E-state index in [0.717, 1.165) is 18.4 Å². The smallest absolute Gasteiger partial charge is 0.0338 e. The highest BCUT2D eigenvalue weighted by Gasteiger charge is 2.48. The lowest BCUT2D eigenvalue weighted by atomic mass is 9.63. The predicted octanol–water partition coefficient (Wildman–Crippen LogP) is 1.39. The zero-order valence-electron chi connectivity index (χ0n) is 11.8. The molecule has 0 amide bonds. The fourth-order valence-electron chi connectivity index (χ4n) is 3.48. The Bertz CT molecular complexity index is 238. The molecule has 0 aromatic heterocycles. The number of nitrogens with two attached hydrogens (primary N) is 1. The first-order chi connectivity index (χ1) is 8.11. The first-order valence-electron chi connectivity index (χ1n) is 7.29. The van der Waals surface area contributed by atoms with E-state index in [1.807, 2.05) is 0 Å². The summed E-state index contributed by atoms with van der Waals surface area (Å²) in [6.07, 6.45) is 2.65. The van der Waals surface area contributed by atoms with Crippen LogP contribution in [0.4, 0.5) is 0 Å². The maximum atomic E-state index is 6.07. The molecule has 1 aliphatic heterocycles. The second-order valence-electron chi connectivity index (χ2n) is 6.26. The Labute approximate surface area is 106 Å². The number of nitrogens with zero attached hydrogens (tertiary/aromatic N) is 2. The third kappa shape index (κ3) is 2.51. The summed E-state index contributed by atoms with van der Waals surface area (Å²) in [5.74, 6) is 1.73. The largest absolute Gasteiger partial charge is 0.329 e. The molecular formula is C14H29N3. The summed E-state index contributed by atoms with van der Waals surface area (Å²) in [6, 6.07) is 0. The Morgan fingerprint density at radius 2 is 1.76 bits per heavy atom. The molecule has 1 heterocycles. The number of hydrogen-bond acceptors (Lipinski definition) is 3. The lowest BCUT2D eigenvalue weighted by molar-refractivity contribution is -0.0563. The van der Waals surface area contributed by atoms with Crippen molar-refractivity contribution in [2.45, 2.75) is 39.2 Å². The highest BCUT2D eigenvalue weighted by atomic mass is 15.3. The van der Waals surface area contributed by atoms with Crippen molar-refractivity contribution in [3.63, 3.8) is 0 Å². The zero-order chi connectivity index (χ0) is 12.5. The maximum absolute atomic E-state index is 6.07. The number of piperazine rings is 1. The Kier molecular flexibility index (Phi) is 4.11. The van der Waals surface area contributed by atoms with Crippen LogP contribution in [0.5, 0.6) is 0 Å². The SMILES string of the molecule is CCN1CCN(C2(CN)CC(C(C)C)C2)CC1. The fraction of sp³-hybridized carbons (Fsp3) is 1.00. The van der Waals surface area contributed by atoms with Crippen LogP contribution in [0.25, 0.3) is 0 Å². The van der Waals surface area contributed by atoms with E-state index in [4.69, 9.17) is 5.73 Å². The number of likely N-dealkylation sites (N-methyl/N-ethyl adjacent to an activating group) is 1. The zero-order valence-corrected chi connectivity index (χ0v) is 11.8. The molecule has 0 radical (unpaired) electrons. The van der Waals surface area contributed by atoms with Gasteiger partial charge in [-0.3, -0.25) is 4.90 Å². The molecule has 1 saturated heterocycles. The fourth-order valence-corrected chi connectivity index (χ4v) is 3.48. The van der Waals surface area contributed by atoms with Gasteiger partial charge in [-0.2, -0.15) is 0 Å². The first-order valence-corrected chi connectivity index (χ1v) is 7.29. The van der Waals surface area contributed by atoms with Gasteiger partial charge in [0.15, 0.2) is 0 Å². The molecule has 3 nitrogen and oxygen atoms in total. The van der Waals surface area contributed by atoms with E-state index in [1.54, 1.807) is 0 Å². The maximum Gasteiger partial charge on any atom is 0.0338 e. The molecule has 0 atom stereocenters. The lowest BCUT2D eigenvalue weighted by Crippen LogP contribution is -2.66. The molecule has 1 saturated carbocycles. The molecule has 0 spiro atoms. The topological polar surface area (TPSA) is 32.5 Å². The molecule has 17 heavy (non-hydrogen) atoms. The molecule has 1 aliphatic carbocycles. The van der Waals surface area contributed by atoms with E-state index in [-0.39, 0.29) is 0 Å². The minimum Gasteiger partial charge on any atom is -0.329 e. The van der Waals surface area contributed by atoms with Gasteiger partial charge in [0, 0.05) is 38.3 Å². The van der Waals surface area contributed by atoms with E-state index in [1.165, 1.54) is 45.6 Å². The van der Waals surface area contributed by atoms with Gasteiger partial charge in [0.25, 0.3) is 0 Å². The first kappa shape index (κ1) is 13.3. The standard InChI is InChI=1S/C14H29N3/c1-4-16-5-7-17(8-6-16)14(11-15)9-13(10-14)12(2)3/h12-13H,4-11,15H2,1-3H3. The van der Waals surface area contributed by atoms with Gasteiger partial charge >= 0.3 is 0 Å². The summed E-state index contributed by atoms with van der Waals surface area (Å²) in [7, 11) is 0. The summed E-state index contributed by atoms with van der Waals surface area (Å²) >= 11 is 0. The van der Waals surface area contributed by atoms with Crippen LogP contribution in [-0.4, -0.2) is 54.6 Å². The third-order valence-electron chi connectivity index (χ3n) is 5.10. The van der Waals surface area contributed by atoms with Crippen molar-refractivity contribution in [1.82, 2.24) is 9.80 Å². The van der Waals surface area contributed by atoms with Gasteiger partial charge in [-0.1, -0.05) is 20.8 Å². The second kappa shape index (κ2) is 5.25. The van der Waals surface area contributed by atoms with E-state index >= 15 is 0 Å². The summed E-state index contributed by atoms with van der Waals surface area (Å²) in [6.45, 7) is 13.9. The van der Waals surface area contributed by atoms with Crippen molar-refractivity contribution < 1.29 is 0 Å². The summed E-state index contributed by atoms with van der Waals surface area (Å²) < 4.78 is 0. The van der Waals surface area contributed by atoms with Crippen LogP contribution in [0.1, 0.15) is 33.6 Å². The van der Waals surface area contributed by atoms with Gasteiger partial charge in [-0.25, -0.2) is 0 Å². The van der Waals surface area contributed by atoms with Crippen LogP contribution in [0.3, 0.4) is 0 Å². The van der Waals surface area contributed by atoms with Gasteiger partial charge in [0.2, 0.25) is 0 Å². The van der Waals surface area contributed by atoms with Crippen molar-refractivity contribution >= 4 is 0 Å². The van der Waals surface area contributed by atoms with Gasteiger partial charge in [-0.15, -0.1) is 0 Å². The van der Waals surface area contributed by atoms with Gasteiger partial charge < -0.3 is 10.6 Å². The highest BCUT2D eigenvalue weighted by Crippen LogP contribution is 2.45. The minimum absolute atomic E-state index is 0.356. The Hall–Kier alpha value is -0.120. The average Bonchev–Trinajstić information content (AvgIpc) is 2.29. The summed E-state index contributed by atoms with van der Waals surface area (Å²) in [5.41, 5.74) is 6.43. The van der Waals surface area contributed by atoms with Crippen LogP contribution < -0.4 is 5.73 Å². The molecule has 0 bridgehead atoms. The van der Waals surface area contributed by atoms with Crippen LogP contribution in [-0.2, 0) is 0 Å². The Balaban J connectivity index is 1.88.